The second-order valence-corrected chi connectivity index (χ2v) is 7.74. The predicted molar refractivity (Wildman–Crippen MR) is 118 cm³/mol. The lowest BCUT2D eigenvalue weighted by molar-refractivity contribution is 0.126. The Morgan fingerprint density at radius 2 is 1.81 bits per heavy atom. The molecule has 1 fully saturated rings. The second kappa shape index (κ2) is 9.54. The number of nitriles is 1. The van der Waals surface area contributed by atoms with Crippen molar-refractivity contribution in [3.63, 3.8) is 0 Å². The summed E-state index contributed by atoms with van der Waals surface area (Å²) in [7, 11) is 0. The van der Waals surface area contributed by atoms with Gasteiger partial charge in [0.2, 0.25) is 5.95 Å². The molecule has 7 heteroatoms. The van der Waals surface area contributed by atoms with Crippen molar-refractivity contribution in [2.24, 2.45) is 0 Å². The van der Waals surface area contributed by atoms with E-state index in [1.807, 2.05) is 24.3 Å². The number of aliphatic hydroxyl groups is 1. The Labute approximate surface area is 180 Å². The SMILES string of the molecule is N#Cc1cnc(NCc2ccccc2-c2ccc(F)cc2)nc1NC1CCC(O)CC1. The van der Waals surface area contributed by atoms with E-state index >= 15 is 0 Å². The molecule has 0 saturated heterocycles. The van der Waals surface area contributed by atoms with Crippen LogP contribution in [0.5, 0.6) is 0 Å². The molecule has 0 amide bonds. The molecule has 0 bridgehead atoms. The molecule has 3 aromatic rings. The number of rotatable bonds is 6. The highest BCUT2D eigenvalue weighted by atomic mass is 19.1. The number of nitrogens with zero attached hydrogens (tertiary/aromatic N) is 3. The molecule has 3 N–H and O–H groups in total. The molecular formula is C24H24FN5O. The van der Waals surface area contributed by atoms with Gasteiger partial charge in [0.1, 0.15) is 23.3 Å². The second-order valence-electron chi connectivity index (χ2n) is 7.74. The van der Waals surface area contributed by atoms with E-state index in [2.05, 4.69) is 26.7 Å². The lowest BCUT2D eigenvalue weighted by Gasteiger charge is -2.26. The molecule has 158 valence electrons. The minimum Gasteiger partial charge on any atom is -0.393 e. The average molecular weight is 417 g/mol. The third kappa shape index (κ3) is 5.16. The highest BCUT2D eigenvalue weighted by molar-refractivity contribution is 5.67. The number of nitrogens with one attached hydrogen (secondary N) is 2. The van der Waals surface area contributed by atoms with Crippen LogP contribution in [0.15, 0.2) is 54.7 Å². The van der Waals surface area contributed by atoms with Crippen LogP contribution in [0, 0.1) is 17.1 Å². The molecule has 31 heavy (non-hydrogen) atoms. The van der Waals surface area contributed by atoms with Crippen LogP contribution in [0.1, 0.15) is 36.8 Å². The quantitative estimate of drug-likeness (QED) is 0.547. The molecule has 2 aromatic carbocycles. The van der Waals surface area contributed by atoms with Crippen molar-refractivity contribution < 1.29 is 9.50 Å². The summed E-state index contributed by atoms with van der Waals surface area (Å²) in [4.78, 5) is 8.79. The van der Waals surface area contributed by atoms with Crippen molar-refractivity contribution in [1.82, 2.24) is 9.97 Å². The third-order valence-corrected chi connectivity index (χ3v) is 5.56. The Kier molecular flexibility index (Phi) is 6.39. The predicted octanol–water partition coefficient (Wildman–Crippen LogP) is 4.48. The number of hydrogen-bond acceptors (Lipinski definition) is 6. The molecule has 1 heterocycles. The first kappa shape index (κ1) is 20.8. The first-order valence-electron chi connectivity index (χ1n) is 10.4. The van der Waals surface area contributed by atoms with E-state index in [4.69, 9.17) is 0 Å². The Balaban J connectivity index is 1.49. The van der Waals surface area contributed by atoms with Crippen molar-refractivity contribution in [1.29, 1.82) is 5.26 Å². The summed E-state index contributed by atoms with van der Waals surface area (Å²) in [5, 5.41) is 25.7. The molecule has 0 radical (unpaired) electrons. The fourth-order valence-electron chi connectivity index (χ4n) is 3.83. The van der Waals surface area contributed by atoms with E-state index < -0.39 is 0 Å². The minimum atomic E-state index is -0.266. The van der Waals surface area contributed by atoms with Gasteiger partial charge >= 0.3 is 0 Å². The maximum absolute atomic E-state index is 13.3. The van der Waals surface area contributed by atoms with Crippen molar-refractivity contribution in [2.75, 3.05) is 10.6 Å². The van der Waals surface area contributed by atoms with Crippen molar-refractivity contribution in [2.45, 2.75) is 44.4 Å². The number of anilines is 2. The lowest BCUT2D eigenvalue weighted by atomic mass is 9.93. The molecule has 1 aliphatic rings. The van der Waals surface area contributed by atoms with E-state index in [1.54, 1.807) is 12.1 Å². The van der Waals surface area contributed by atoms with Crippen LogP contribution in [-0.2, 0) is 6.54 Å². The zero-order chi connectivity index (χ0) is 21.6. The van der Waals surface area contributed by atoms with Crippen LogP contribution in [0.3, 0.4) is 0 Å². The lowest BCUT2D eigenvalue weighted by Crippen LogP contribution is -2.29. The smallest absolute Gasteiger partial charge is 0.224 e. The van der Waals surface area contributed by atoms with E-state index in [-0.39, 0.29) is 18.0 Å². The first-order chi connectivity index (χ1) is 15.1. The van der Waals surface area contributed by atoms with Gasteiger partial charge in [-0.05, 0) is 54.5 Å². The van der Waals surface area contributed by atoms with Crippen LogP contribution < -0.4 is 10.6 Å². The van der Waals surface area contributed by atoms with Gasteiger partial charge in [0, 0.05) is 12.6 Å². The Morgan fingerprint density at radius 1 is 1.06 bits per heavy atom. The molecule has 0 atom stereocenters. The Morgan fingerprint density at radius 3 is 2.55 bits per heavy atom. The fraction of sp³-hybridized carbons (Fsp3) is 0.292. The fourth-order valence-corrected chi connectivity index (χ4v) is 3.83. The number of aromatic nitrogens is 2. The maximum atomic E-state index is 13.3. The molecule has 4 rings (SSSR count). The summed E-state index contributed by atoms with van der Waals surface area (Å²) < 4.78 is 13.3. The molecule has 0 unspecified atom stereocenters. The molecule has 6 nitrogen and oxygen atoms in total. The van der Waals surface area contributed by atoms with Crippen molar-refractivity contribution in [3.8, 4) is 17.2 Å². The summed E-state index contributed by atoms with van der Waals surface area (Å²) in [5.41, 5.74) is 3.35. The minimum absolute atomic E-state index is 0.178. The summed E-state index contributed by atoms with van der Waals surface area (Å²) in [6.07, 6.45) is 4.44. The van der Waals surface area contributed by atoms with Crippen molar-refractivity contribution >= 4 is 11.8 Å². The Bertz CT molecular complexity index is 1070. The topological polar surface area (TPSA) is 93.9 Å². The Hall–Kier alpha value is -3.50. The summed E-state index contributed by atoms with van der Waals surface area (Å²) in [6, 6.07) is 16.6. The standard InChI is InChI=1S/C24H24FN5O/c25-19-7-5-16(6-8-19)22-4-2-1-3-17(22)14-27-24-28-15-18(13-26)23(30-24)29-20-9-11-21(31)12-10-20/h1-8,15,20-21,31H,9-12,14H2,(H2,27,28,29,30). The molecule has 0 spiro atoms. The van der Waals surface area contributed by atoms with E-state index in [1.165, 1.54) is 18.3 Å². The van der Waals surface area contributed by atoms with Gasteiger partial charge in [-0.2, -0.15) is 10.2 Å². The summed E-state index contributed by atoms with van der Waals surface area (Å²) in [5.74, 6) is 0.664. The molecule has 1 aliphatic carbocycles. The van der Waals surface area contributed by atoms with E-state index in [0.29, 0.717) is 23.9 Å². The number of aliphatic hydroxyl groups excluding tert-OH is 1. The zero-order valence-electron chi connectivity index (χ0n) is 17.1. The first-order valence-corrected chi connectivity index (χ1v) is 10.4. The monoisotopic (exact) mass is 417 g/mol. The summed E-state index contributed by atoms with van der Waals surface area (Å²) >= 11 is 0. The van der Waals surface area contributed by atoms with Gasteiger partial charge in [-0.3, -0.25) is 0 Å². The molecule has 0 aliphatic heterocycles. The van der Waals surface area contributed by atoms with Crippen LogP contribution >= 0.6 is 0 Å². The van der Waals surface area contributed by atoms with E-state index in [9.17, 15) is 14.8 Å². The largest absolute Gasteiger partial charge is 0.393 e. The molecule has 1 saturated carbocycles. The number of benzene rings is 2. The highest BCUT2D eigenvalue weighted by Gasteiger charge is 2.21. The maximum Gasteiger partial charge on any atom is 0.224 e. The zero-order valence-corrected chi connectivity index (χ0v) is 17.1. The van der Waals surface area contributed by atoms with Crippen molar-refractivity contribution in [3.05, 3.63) is 71.7 Å². The summed E-state index contributed by atoms with van der Waals surface area (Å²) in [6.45, 7) is 0.481. The van der Waals surface area contributed by atoms with Gasteiger partial charge < -0.3 is 15.7 Å². The van der Waals surface area contributed by atoms with Gasteiger partial charge in [0.15, 0.2) is 0 Å². The van der Waals surface area contributed by atoms with Crippen LogP contribution in [0.2, 0.25) is 0 Å². The van der Waals surface area contributed by atoms with Crippen LogP contribution in [0.25, 0.3) is 11.1 Å². The highest BCUT2D eigenvalue weighted by Crippen LogP contribution is 2.26. The average Bonchev–Trinajstić information content (AvgIpc) is 2.80. The number of hydrogen-bond donors (Lipinski definition) is 3. The van der Waals surface area contributed by atoms with E-state index in [0.717, 1.165) is 42.4 Å². The normalized spacial score (nSPS) is 18.2. The molecule has 1 aromatic heterocycles. The van der Waals surface area contributed by atoms with Gasteiger partial charge in [-0.25, -0.2) is 9.37 Å². The van der Waals surface area contributed by atoms with Gasteiger partial charge in [-0.15, -0.1) is 0 Å². The van der Waals surface area contributed by atoms with Gasteiger partial charge in [-0.1, -0.05) is 36.4 Å². The third-order valence-electron chi connectivity index (χ3n) is 5.56. The number of halogens is 1. The van der Waals surface area contributed by atoms with Gasteiger partial charge in [0.25, 0.3) is 0 Å². The van der Waals surface area contributed by atoms with Crippen LogP contribution in [-0.4, -0.2) is 27.2 Å². The molecular weight excluding hydrogens is 393 g/mol. The van der Waals surface area contributed by atoms with Crippen LogP contribution in [0.4, 0.5) is 16.2 Å². The van der Waals surface area contributed by atoms with Gasteiger partial charge in [0.05, 0.1) is 12.3 Å².